The highest BCUT2D eigenvalue weighted by atomic mass is 32.2. The number of anilines is 1. The van der Waals surface area contributed by atoms with E-state index in [0.717, 1.165) is 5.56 Å². The maximum absolute atomic E-state index is 12.3. The average molecular weight is 292 g/mol. The van der Waals surface area contributed by atoms with Gasteiger partial charge in [0.1, 0.15) is 0 Å². The lowest BCUT2D eigenvalue weighted by Crippen LogP contribution is -2.16. The van der Waals surface area contributed by atoms with Gasteiger partial charge in [0.25, 0.3) is 10.0 Å². The average Bonchev–Trinajstić information content (AvgIpc) is 2.47. The third-order valence-electron chi connectivity index (χ3n) is 2.90. The van der Waals surface area contributed by atoms with E-state index in [0.29, 0.717) is 0 Å². The minimum absolute atomic E-state index is 0.0710. The summed E-state index contributed by atoms with van der Waals surface area (Å²) in [5.74, 6) is 0.194. The summed E-state index contributed by atoms with van der Waals surface area (Å²) in [6, 6.07) is 6.85. The molecule has 2 N–H and O–H groups in total. The molecule has 106 valence electrons. The third kappa shape index (κ3) is 3.31. The van der Waals surface area contributed by atoms with E-state index >= 15 is 0 Å². The van der Waals surface area contributed by atoms with E-state index in [-0.39, 0.29) is 16.8 Å². The van der Waals surface area contributed by atoms with Gasteiger partial charge in [-0.2, -0.15) is 0 Å². The first-order valence-corrected chi connectivity index (χ1v) is 7.57. The van der Waals surface area contributed by atoms with Crippen molar-refractivity contribution in [3.8, 4) is 0 Å². The van der Waals surface area contributed by atoms with Crippen LogP contribution in [-0.2, 0) is 10.0 Å². The molecule has 1 aromatic heterocycles. The number of aromatic nitrogens is 2. The van der Waals surface area contributed by atoms with E-state index in [9.17, 15) is 8.42 Å². The van der Waals surface area contributed by atoms with Gasteiger partial charge in [0, 0.05) is 18.4 Å². The molecule has 0 aliphatic rings. The molecule has 0 spiro atoms. The minimum Gasteiger partial charge on any atom is -0.313 e. The van der Waals surface area contributed by atoms with Crippen LogP contribution in [0.3, 0.4) is 0 Å². The molecule has 0 amide bonds. The van der Waals surface area contributed by atoms with Crippen LogP contribution in [0.2, 0.25) is 0 Å². The van der Waals surface area contributed by atoms with E-state index in [2.05, 4.69) is 20.0 Å². The Morgan fingerprint density at radius 3 is 2.70 bits per heavy atom. The molecule has 1 atom stereocenters. The van der Waals surface area contributed by atoms with Crippen LogP contribution >= 0.6 is 0 Å². The van der Waals surface area contributed by atoms with Crippen molar-refractivity contribution in [2.75, 3.05) is 11.8 Å². The SMILES string of the molecule is CNC(C)c1cccc(S(=O)(=O)Nc2cnccn2)c1. The van der Waals surface area contributed by atoms with E-state index in [1.54, 1.807) is 18.2 Å². The lowest BCUT2D eigenvalue weighted by atomic mass is 10.1. The van der Waals surface area contributed by atoms with Gasteiger partial charge in [-0.05, 0) is 31.7 Å². The molecule has 20 heavy (non-hydrogen) atoms. The highest BCUT2D eigenvalue weighted by Gasteiger charge is 2.16. The summed E-state index contributed by atoms with van der Waals surface area (Å²) < 4.78 is 26.9. The monoisotopic (exact) mass is 292 g/mol. The van der Waals surface area contributed by atoms with Crippen molar-refractivity contribution in [3.05, 3.63) is 48.4 Å². The van der Waals surface area contributed by atoms with Crippen molar-refractivity contribution >= 4 is 15.8 Å². The smallest absolute Gasteiger partial charge is 0.263 e. The molecule has 0 bridgehead atoms. The Labute approximate surface area is 118 Å². The van der Waals surface area contributed by atoms with Gasteiger partial charge in [0.2, 0.25) is 0 Å². The van der Waals surface area contributed by atoms with Gasteiger partial charge in [-0.3, -0.25) is 9.71 Å². The second-order valence-electron chi connectivity index (χ2n) is 4.28. The number of nitrogens with zero attached hydrogens (tertiary/aromatic N) is 2. The third-order valence-corrected chi connectivity index (χ3v) is 4.26. The Morgan fingerprint density at radius 2 is 2.05 bits per heavy atom. The summed E-state index contributed by atoms with van der Waals surface area (Å²) in [4.78, 5) is 7.92. The van der Waals surface area contributed by atoms with Crippen LogP contribution in [0, 0.1) is 0 Å². The Balaban J connectivity index is 2.30. The second kappa shape index (κ2) is 5.98. The molecule has 2 aromatic rings. The van der Waals surface area contributed by atoms with Crippen LogP contribution in [0.15, 0.2) is 47.8 Å². The van der Waals surface area contributed by atoms with Gasteiger partial charge < -0.3 is 5.32 Å². The molecule has 2 rings (SSSR count). The van der Waals surface area contributed by atoms with Crippen molar-refractivity contribution in [1.82, 2.24) is 15.3 Å². The molecule has 0 fully saturated rings. The number of sulfonamides is 1. The Bertz CT molecular complexity index is 674. The minimum atomic E-state index is -3.66. The quantitative estimate of drug-likeness (QED) is 0.873. The zero-order valence-corrected chi connectivity index (χ0v) is 12.1. The molecule has 0 aliphatic carbocycles. The number of nitrogens with one attached hydrogen (secondary N) is 2. The molecule has 1 heterocycles. The fourth-order valence-corrected chi connectivity index (χ4v) is 2.71. The van der Waals surface area contributed by atoms with Gasteiger partial charge in [0.05, 0.1) is 11.1 Å². The molecule has 0 radical (unpaired) electrons. The predicted octanol–water partition coefficient (Wildman–Crippen LogP) is 1.56. The molecule has 7 heteroatoms. The number of benzene rings is 1. The highest BCUT2D eigenvalue weighted by molar-refractivity contribution is 7.92. The first kappa shape index (κ1) is 14.4. The lowest BCUT2D eigenvalue weighted by molar-refractivity contribution is 0.600. The van der Waals surface area contributed by atoms with Crippen LogP contribution in [0.4, 0.5) is 5.82 Å². The summed E-state index contributed by atoms with van der Waals surface area (Å²) in [7, 11) is -1.83. The summed E-state index contributed by atoms with van der Waals surface area (Å²) in [6.45, 7) is 1.96. The van der Waals surface area contributed by atoms with Gasteiger partial charge in [-0.1, -0.05) is 12.1 Å². The van der Waals surface area contributed by atoms with Crippen molar-refractivity contribution in [2.24, 2.45) is 0 Å². The van der Waals surface area contributed by atoms with Crippen molar-refractivity contribution in [1.29, 1.82) is 0 Å². The van der Waals surface area contributed by atoms with Crippen molar-refractivity contribution in [2.45, 2.75) is 17.9 Å². The maximum Gasteiger partial charge on any atom is 0.263 e. The fraction of sp³-hybridized carbons (Fsp3) is 0.231. The first-order valence-electron chi connectivity index (χ1n) is 6.09. The fourth-order valence-electron chi connectivity index (χ4n) is 1.67. The largest absolute Gasteiger partial charge is 0.313 e. The molecular formula is C13H16N4O2S. The molecule has 1 aromatic carbocycles. The molecule has 6 nitrogen and oxygen atoms in total. The van der Waals surface area contributed by atoms with Crippen LogP contribution in [0.25, 0.3) is 0 Å². The van der Waals surface area contributed by atoms with Crippen molar-refractivity contribution < 1.29 is 8.42 Å². The number of hydrogen-bond donors (Lipinski definition) is 2. The topological polar surface area (TPSA) is 84.0 Å². The van der Waals surface area contributed by atoms with Crippen LogP contribution in [-0.4, -0.2) is 25.4 Å². The zero-order chi connectivity index (χ0) is 14.6. The number of rotatable bonds is 5. The zero-order valence-electron chi connectivity index (χ0n) is 11.2. The van der Waals surface area contributed by atoms with Gasteiger partial charge >= 0.3 is 0 Å². The summed E-state index contributed by atoms with van der Waals surface area (Å²) in [5, 5.41) is 3.07. The molecule has 0 saturated carbocycles. The highest BCUT2D eigenvalue weighted by Crippen LogP contribution is 2.19. The van der Waals surface area contributed by atoms with Gasteiger partial charge in [0.15, 0.2) is 5.82 Å². The van der Waals surface area contributed by atoms with Crippen LogP contribution in [0.5, 0.6) is 0 Å². The molecule has 1 unspecified atom stereocenters. The van der Waals surface area contributed by atoms with E-state index < -0.39 is 10.0 Å². The normalized spacial score (nSPS) is 12.9. The van der Waals surface area contributed by atoms with Gasteiger partial charge in [-0.25, -0.2) is 13.4 Å². The lowest BCUT2D eigenvalue weighted by Gasteiger charge is -2.12. The molecule has 0 aliphatic heterocycles. The maximum atomic E-state index is 12.3. The second-order valence-corrected chi connectivity index (χ2v) is 5.96. The first-order chi connectivity index (χ1) is 9.53. The van der Waals surface area contributed by atoms with Gasteiger partial charge in [-0.15, -0.1) is 0 Å². The Kier molecular flexibility index (Phi) is 4.31. The summed E-state index contributed by atoms with van der Waals surface area (Å²) >= 11 is 0. The summed E-state index contributed by atoms with van der Waals surface area (Å²) in [5.41, 5.74) is 0.898. The van der Waals surface area contributed by atoms with Crippen molar-refractivity contribution in [3.63, 3.8) is 0 Å². The number of hydrogen-bond acceptors (Lipinski definition) is 5. The molecular weight excluding hydrogens is 276 g/mol. The van der Waals surface area contributed by atoms with E-state index in [4.69, 9.17) is 0 Å². The van der Waals surface area contributed by atoms with E-state index in [1.807, 2.05) is 20.0 Å². The summed E-state index contributed by atoms with van der Waals surface area (Å²) in [6.07, 6.45) is 4.27. The molecule has 0 saturated heterocycles. The van der Waals surface area contributed by atoms with Crippen LogP contribution in [0.1, 0.15) is 18.5 Å². The predicted molar refractivity (Wildman–Crippen MR) is 76.8 cm³/mol. The Morgan fingerprint density at radius 1 is 1.25 bits per heavy atom. The standard InChI is InChI=1S/C13H16N4O2S/c1-10(14-2)11-4-3-5-12(8-11)20(18,19)17-13-9-15-6-7-16-13/h3-10,14H,1-2H3,(H,16,17). The van der Waals surface area contributed by atoms with Crippen LogP contribution < -0.4 is 10.0 Å². The van der Waals surface area contributed by atoms with E-state index in [1.165, 1.54) is 18.6 Å². The Hall–Kier alpha value is -1.99.